The Morgan fingerprint density at radius 1 is 1.30 bits per heavy atom. The van der Waals surface area contributed by atoms with Crippen molar-refractivity contribution in [1.82, 2.24) is 5.32 Å². The highest BCUT2D eigenvalue weighted by atomic mass is 16.4. The van der Waals surface area contributed by atoms with Crippen molar-refractivity contribution in [3.63, 3.8) is 0 Å². The van der Waals surface area contributed by atoms with Crippen LogP contribution in [0.15, 0.2) is 18.2 Å². The molecule has 1 amide bonds. The summed E-state index contributed by atoms with van der Waals surface area (Å²) in [6.07, 6.45) is 2.96. The molecular formula is C15H19NO4. The van der Waals surface area contributed by atoms with Crippen molar-refractivity contribution in [2.75, 3.05) is 6.54 Å². The second-order valence-electron chi connectivity index (χ2n) is 5.42. The van der Waals surface area contributed by atoms with Crippen LogP contribution < -0.4 is 5.32 Å². The monoisotopic (exact) mass is 277 g/mol. The summed E-state index contributed by atoms with van der Waals surface area (Å²) in [7, 11) is 0. The molecule has 1 aliphatic carbocycles. The molecule has 5 nitrogen and oxygen atoms in total. The Kier molecular flexibility index (Phi) is 3.97. The normalized spacial score (nSPS) is 16.9. The summed E-state index contributed by atoms with van der Waals surface area (Å²) in [6, 6.07) is 4.73. The van der Waals surface area contributed by atoms with Crippen molar-refractivity contribution < 1.29 is 19.8 Å². The lowest BCUT2D eigenvalue weighted by molar-refractivity contribution is -0.148. The molecule has 0 radical (unpaired) electrons. The first kappa shape index (κ1) is 14.4. The summed E-state index contributed by atoms with van der Waals surface area (Å²) in [5, 5.41) is 21.6. The third kappa shape index (κ3) is 2.61. The highest BCUT2D eigenvalue weighted by molar-refractivity contribution is 5.96. The summed E-state index contributed by atoms with van der Waals surface area (Å²) >= 11 is 0. The predicted molar refractivity (Wildman–Crippen MR) is 73.7 cm³/mol. The number of carboxylic acid groups (broad SMARTS) is 1. The lowest BCUT2D eigenvalue weighted by Gasteiger charge is -2.24. The fourth-order valence-corrected chi connectivity index (χ4v) is 2.73. The van der Waals surface area contributed by atoms with Gasteiger partial charge in [-0.3, -0.25) is 9.59 Å². The highest BCUT2D eigenvalue weighted by Gasteiger charge is 2.41. The molecule has 0 heterocycles. The van der Waals surface area contributed by atoms with Gasteiger partial charge in [-0.2, -0.15) is 0 Å². The van der Waals surface area contributed by atoms with Crippen LogP contribution in [-0.4, -0.2) is 28.6 Å². The van der Waals surface area contributed by atoms with Crippen LogP contribution in [0.25, 0.3) is 0 Å². The maximum atomic E-state index is 12.1. The standard InChI is InChI=1S/C15H19NO4/c1-10-11(5-4-6-12(10)17)13(18)16-9-15(14(19)20)7-2-3-8-15/h4-6,17H,2-3,7-9H2,1H3,(H,16,18)(H,19,20). The van der Waals surface area contributed by atoms with Crippen LogP contribution in [0.3, 0.4) is 0 Å². The van der Waals surface area contributed by atoms with Gasteiger partial charge in [0.05, 0.1) is 5.41 Å². The Labute approximate surface area is 117 Å². The highest BCUT2D eigenvalue weighted by Crippen LogP contribution is 2.37. The molecule has 0 aromatic heterocycles. The summed E-state index contributed by atoms with van der Waals surface area (Å²) in [5.41, 5.74) is 0.0461. The molecule has 1 fully saturated rings. The van der Waals surface area contributed by atoms with Gasteiger partial charge in [-0.25, -0.2) is 0 Å². The van der Waals surface area contributed by atoms with Gasteiger partial charge in [0.25, 0.3) is 5.91 Å². The summed E-state index contributed by atoms with van der Waals surface area (Å²) in [5.74, 6) is -1.12. The fraction of sp³-hybridized carbons (Fsp3) is 0.467. The van der Waals surface area contributed by atoms with Crippen LogP contribution in [0.4, 0.5) is 0 Å². The van der Waals surface area contributed by atoms with Crippen LogP contribution in [0, 0.1) is 12.3 Å². The number of hydrogen-bond donors (Lipinski definition) is 3. The number of phenols is 1. The molecule has 1 aliphatic rings. The van der Waals surface area contributed by atoms with Crippen molar-refractivity contribution in [3.05, 3.63) is 29.3 Å². The van der Waals surface area contributed by atoms with Gasteiger partial charge in [-0.15, -0.1) is 0 Å². The molecule has 108 valence electrons. The Bertz CT molecular complexity index is 533. The average Bonchev–Trinajstić information content (AvgIpc) is 2.89. The average molecular weight is 277 g/mol. The predicted octanol–water partition coefficient (Wildman–Crippen LogP) is 2.08. The minimum Gasteiger partial charge on any atom is -0.508 e. The number of carbonyl (C=O) groups is 2. The van der Waals surface area contributed by atoms with Gasteiger partial charge in [-0.05, 0) is 31.9 Å². The van der Waals surface area contributed by atoms with Crippen molar-refractivity contribution in [2.45, 2.75) is 32.6 Å². The Morgan fingerprint density at radius 3 is 2.55 bits per heavy atom. The number of carbonyl (C=O) groups excluding carboxylic acids is 1. The Morgan fingerprint density at radius 2 is 1.95 bits per heavy atom. The number of hydrogen-bond acceptors (Lipinski definition) is 3. The topological polar surface area (TPSA) is 86.6 Å². The van der Waals surface area contributed by atoms with Gasteiger partial charge in [-0.1, -0.05) is 18.9 Å². The van der Waals surface area contributed by atoms with Crippen LogP contribution in [0.5, 0.6) is 5.75 Å². The second kappa shape index (κ2) is 5.53. The molecule has 20 heavy (non-hydrogen) atoms. The largest absolute Gasteiger partial charge is 0.508 e. The van der Waals surface area contributed by atoms with Crippen LogP contribution in [0.1, 0.15) is 41.6 Å². The molecule has 2 rings (SSSR count). The van der Waals surface area contributed by atoms with Gasteiger partial charge in [0, 0.05) is 17.7 Å². The van der Waals surface area contributed by atoms with Gasteiger partial charge >= 0.3 is 5.97 Å². The molecule has 0 bridgehead atoms. The zero-order valence-electron chi connectivity index (χ0n) is 11.5. The quantitative estimate of drug-likeness (QED) is 0.786. The van der Waals surface area contributed by atoms with Crippen LogP contribution in [0.2, 0.25) is 0 Å². The smallest absolute Gasteiger partial charge is 0.311 e. The van der Waals surface area contributed by atoms with Crippen molar-refractivity contribution in [1.29, 1.82) is 0 Å². The van der Waals surface area contributed by atoms with Crippen molar-refractivity contribution in [2.24, 2.45) is 5.41 Å². The van der Waals surface area contributed by atoms with E-state index in [2.05, 4.69) is 5.32 Å². The fourth-order valence-electron chi connectivity index (χ4n) is 2.73. The zero-order valence-corrected chi connectivity index (χ0v) is 11.5. The molecule has 5 heteroatoms. The van der Waals surface area contributed by atoms with Crippen LogP contribution >= 0.6 is 0 Å². The maximum Gasteiger partial charge on any atom is 0.311 e. The van der Waals surface area contributed by atoms with E-state index in [9.17, 15) is 19.8 Å². The summed E-state index contributed by atoms with van der Waals surface area (Å²) in [6.45, 7) is 1.79. The number of amides is 1. The molecule has 0 atom stereocenters. The molecule has 1 aromatic rings. The zero-order chi connectivity index (χ0) is 14.8. The molecular weight excluding hydrogens is 258 g/mol. The van der Waals surface area contributed by atoms with E-state index in [0.29, 0.717) is 24.0 Å². The third-order valence-corrected chi connectivity index (χ3v) is 4.15. The number of carboxylic acids is 1. The van der Waals surface area contributed by atoms with Gasteiger partial charge < -0.3 is 15.5 Å². The Balaban J connectivity index is 2.08. The van der Waals surface area contributed by atoms with Gasteiger partial charge in [0.15, 0.2) is 0 Å². The van der Waals surface area contributed by atoms with E-state index in [4.69, 9.17) is 0 Å². The van der Waals surface area contributed by atoms with E-state index >= 15 is 0 Å². The number of nitrogens with one attached hydrogen (secondary N) is 1. The molecule has 0 spiro atoms. The van der Waals surface area contributed by atoms with E-state index in [0.717, 1.165) is 12.8 Å². The number of aliphatic carboxylic acids is 1. The molecule has 3 N–H and O–H groups in total. The van der Waals surface area contributed by atoms with Gasteiger partial charge in [0.1, 0.15) is 5.75 Å². The van der Waals surface area contributed by atoms with E-state index in [1.54, 1.807) is 19.1 Å². The number of aromatic hydroxyl groups is 1. The molecule has 1 saturated carbocycles. The second-order valence-corrected chi connectivity index (χ2v) is 5.42. The van der Waals surface area contributed by atoms with Gasteiger partial charge in [0.2, 0.25) is 0 Å². The van der Waals surface area contributed by atoms with E-state index in [-0.39, 0.29) is 18.2 Å². The summed E-state index contributed by atoms with van der Waals surface area (Å²) in [4.78, 5) is 23.5. The molecule has 0 saturated heterocycles. The maximum absolute atomic E-state index is 12.1. The first-order valence-corrected chi connectivity index (χ1v) is 6.76. The first-order chi connectivity index (χ1) is 9.46. The minimum absolute atomic E-state index is 0.0615. The SMILES string of the molecule is Cc1c(O)cccc1C(=O)NCC1(C(=O)O)CCCC1. The lowest BCUT2D eigenvalue weighted by Crippen LogP contribution is -2.41. The minimum atomic E-state index is -0.845. The van der Waals surface area contributed by atoms with E-state index in [1.165, 1.54) is 6.07 Å². The summed E-state index contributed by atoms with van der Waals surface area (Å²) < 4.78 is 0. The van der Waals surface area contributed by atoms with Crippen LogP contribution in [-0.2, 0) is 4.79 Å². The lowest BCUT2D eigenvalue weighted by atomic mass is 9.86. The first-order valence-electron chi connectivity index (χ1n) is 6.76. The molecule has 0 aliphatic heterocycles. The number of phenolic OH excluding ortho intramolecular Hbond substituents is 1. The third-order valence-electron chi connectivity index (χ3n) is 4.15. The van der Waals surface area contributed by atoms with E-state index in [1.807, 2.05) is 0 Å². The van der Waals surface area contributed by atoms with Crippen molar-refractivity contribution >= 4 is 11.9 Å². The number of rotatable bonds is 4. The molecule has 1 aromatic carbocycles. The number of benzene rings is 1. The van der Waals surface area contributed by atoms with E-state index < -0.39 is 11.4 Å². The Hall–Kier alpha value is -2.04. The molecule has 0 unspecified atom stereocenters. The van der Waals surface area contributed by atoms with Crippen molar-refractivity contribution in [3.8, 4) is 5.75 Å².